The smallest absolute Gasteiger partial charge is 0.246 e. The maximum Gasteiger partial charge on any atom is 0.246 e. The molecule has 3 aromatic rings. The van der Waals surface area contributed by atoms with Crippen molar-refractivity contribution in [3.63, 3.8) is 0 Å². The third-order valence-electron chi connectivity index (χ3n) is 6.78. The fourth-order valence-corrected chi connectivity index (χ4v) is 5.05. The molecule has 1 amide bonds. The van der Waals surface area contributed by atoms with Crippen molar-refractivity contribution in [2.45, 2.75) is 31.7 Å². The van der Waals surface area contributed by atoms with E-state index in [1.807, 2.05) is 23.1 Å². The van der Waals surface area contributed by atoms with Crippen molar-refractivity contribution < 1.29 is 9.90 Å². The molecule has 1 atom stereocenters. The fraction of sp³-hybridized carbons (Fsp3) is 0.276. The van der Waals surface area contributed by atoms with Crippen molar-refractivity contribution in [1.29, 1.82) is 0 Å². The van der Waals surface area contributed by atoms with Crippen LogP contribution in [0.5, 0.6) is 5.75 Å². The van der Waals surface area contributed by atoms with Crippen molar-refractivity contribution >= 4 is 17.7 Å². The summed E-state index contributed by atoms with van der Waals surface area (Å²) in [7, 11) is 0. The summed E-state index contributed by atoms with van der Waals surface area (Å²) in [5.74, 6) is 0.426. The van der Waals surface area contributed by atoms with Crippen LogP contribution in [0, 0.1) is 0 Å². The van der Waals surface area contributed by atoms with E-state index in [1.165, 1.54) is 28.8 Å². The lowest BCUT2D eigenvalue weighted by Gasteiger charge is -2.39. The molecule has 2 heterocycles. The van der Waals surface area contributed by atoms with Crippen LogP contribution in [0.1, 0.15) is 47.6 Å². The first-order valence-corrected chi connectivity index (χ1v) is 11.9. The van der Waals surface area contributed by atoms with Gasteiger partial charge in [0.25, 0.3) is 0 Å². The summed E-state index contributed by atoms with van der Waals surface area (Å²) >= 11 is 0. The largest absolute Gasteiger partial charge is 0.508 e. The second kappa shape index (κ2) is 9.53. The quantitative estimate of drug-likeness (QED) is 0.542. The number of carbonyl (C=O) groups is 1. The number of aromatic hydroxyl groups is 1. The number of hydrogen-bond acceptors (Lipinski definition) is 3. The van der Waals surface area contributed by atoms with E-state index in [9.17, 15) is 9.90 Å². The van der Waals surface area contributed by atoms with Gasteiger partial charge in [-0.1, -0.05) is 48.5 Å². The first kappa shape index (κ1) is 21.3. The van der Waals surface area contributed by atoms with Crippen molar-refractivity contribution in [3.8, 4) is 5.75 Å². The molecule has 5 rings (SSSR count). The molecular weight excluding hydrogens is 408 g/mol. The van der Waals surface area contributed by atoms with Gasteiger partial charge >= 0.3 is 0 Å². The van der Waals surface area contributed by atoms with E-state index in [0.29, 0.717) is 5.75 Å². The number of carbonyl (C=O) groups excluding carboxylic acids is 1. The molecule has 0 radical (unpaired) electrons. The normalized spacial score (nSPS) is 18.4. The van der Waals surface area contributed by atoms with Crippen molar-refractivity contribution in [2.24, 2.45) is 0 Å². The van der Waals surface area contributed by atoms with Gasteiger partial charge in [-0.25, -0.2) is 0 Å². The first-order valence-electron chi connectivity index (χ1n) is 11.9. The highest BCUT2D eigenvalue weighted by Gasteiger charge is 2.29. The summed E-state index contributed by atoms with van der Waals surface area (Å²) in [5.41, 5.74) is 5.84. The Hall–Kier alpha value is -3.53. The van der Waals surface area contributed by atoms with Crippen LogP contribution in [0.15, 0.2) is 78.9 Å². The van der Waals surface area contributed by atoms with Gasteiger partial charge in [-0.05, 0) is 78.3 Å². The Morgan fingerprint density at radius 3 is 2.39 bits per heavy atom. The number of likely N-dealkylation sites (tertiary alicyclic amines) is 1. The van der Waals surface area contributed by atoms with Crippen molar-refractivity contribution in [2.75, 3.05) is 24.5 Å². The molecule has 0 saturated carbocycles. The zero-order valence-electron chi connectivity index (χ0n) is 18.9. The summed E-state index contributed by atoms with van der Waals surface area (Å²) in [5, 5.41) is 10.0. The van der Waals surface area contributed by atoms with E-state index in [-0.39, 0.29) is 11.9 Å². The lowest BCUT2D eigenvalue weighted by atomic mass is 9.87. The molecule has 1 saturated heterocycles. The number of phenolic OH excluding ortho intramolecular Hbond substituents is 1. The van der Waals surface area contributed by atoms with Crippen LogP contribution >= 0.6 is 0 Å². The molecule has 2 aliphatic heterocycles. The zero-order chi connectivity index (χ0) is 22.6. The summed E-state index contributed by atoms with van der Waals surface area (Å²) < 4.78 is 0. The summed E-state index contributed by atoms with van der Waals surface area (Å²) in [4.78, 5) is 16.8. The summed E-state index contributed by atoms with van der Waals surface area (Å²) in [6.45, 7) is 2.62. The summed E-state index contributed by atoms with van der Waals surface area (Å²) in [6.07, 6.45) is 7.95. The Morgan fingerprint density at radius 1 is 0.879 bits per heavy atom. The van der Waals surface area contributed by atoms with Gasteiger partial charge in [0.05, 0.1) is 6.04 Å². The number of amides is 1. The van der Waals surface area contributed by atoms with Crippen LogP contribution in [-0.2, 0) is 11.2 Å². The van der Waals surface area contributed by atoms with Gasteiger partial charge in [0.1, 0.15) is 5.75 Å². The van der Waals surface area contributed by atoms with Gasteiger partial charge in [-0.2, -0.15) is 0 Å². The third-order valence-corrected chi connectivity index (χ3v) is 6.78. The highest BCUT2D eigenvalue weighted by molar-refractivity contribution is 5.91. The van der Waals surface area contributed by atoms with Gasteiger partial charge in [-0.3, -0.25) is 4.79 Å². The predicted molar refractivity (Wildman–Crippen MR) is 133 cm³/mol. The number of hydrogen-bond donors (Lipinski definition) is 1. The molecule has 3 aromatic carbocycles. The highest BCUT2D eigenvalue weighted by atomic mass is 16.3. The van der Waals surface area contributed by atoms with E-state index in [4.69, 9.17) is 0 Å². The second-order valence-corrected chi connectivity index (χ2v) is 8.95. The molecule has 2 aliphatic rings. The number of benzene rings is 3. The molecule has 1 N–H and O–H groups in total. The molecular formula is C29H30N2O2. The van der Waals surface area contributed by atoms with Crippen LogP contribution in [0.4, 0.5) is 5.69 Å². The molecule has 1 fully saturated rings. The number of nitrogens with zero attached hydrogens (tertiary/aromatic N) is 2. The SMILES string of the molecule is O=C(C=Cc1ccc(C2c3ccc(O)cc3CCN2c2ccccc2)cc1)N1CCCCC1. The van der Waals surface area contributed by atoms with Gasteiger partial charge in [-0.15, -0.1) is 0 Å². The fourth-order valence-electron chi connectivity index (χ4n) is 5.05. The minimum absolute atomic E-state index is 0.0739. The number of piperidine rings is 1. The van der Waals surface area contributed by atoms with Crippen LogP contribution in [0.2, 0.25) is 0 Å². The molecule has 0 aromatic heterocycles. The Morgan fingerprint density at radius 2 is 1.64 bits per heavy atom. The highest BCUT2D eigenvalue weighted by Crippen LogP contribution is 2.39. The lowest BCUT2D eigenvalue weighted by Crippen LogP contribution is -2.36. The number of anilines is 1. The standard InChI is InChI=1S/C29H30N2O2/c32-26-14-15-27-24(21-26)17-20-31(25-7-3-1-4-8-25)29(27)23-12-9-22(10-13-23)11-16-28(33)30-18-5-2-6-19-30/h1,3-4,7-16,21,29,32H,2,5-6,17-20H2. The van der Waals surface area contributed by atoms with Gasteiger partial charge in [0.15, 0.2) is 0 Å². The topological polar surface area (TPSA) is 43.8 Å². The van der Waals surface area contributed by atoms with Crippen LogP contribution in [0.3, 0.4) is 0 Å². The Labute approximate surface area is 195 Å². The molecule has 4 nitrogen and oxygen atoms in total. The molecule has 0 aliphatic carbocycles. The van der Waals surface area contributed by atoms with Crippen LogP contribution in [0.25, 0.3) is 6.08 Å². The van der Waals surface area contributed by atoms with Gasteiger partial charge in [0.2, 0.25) is 5.91 Å². The molecule has 33 heavy (non-hydrogen) atoms. The first-order chi connectivity index (χ1) is 16.2. The maximum atomic E-state index is 12.5. The number of phenols is 1. The van der Waals surface area contributed by atoms with Crippen molar-refractivity contribution in [1.82, 2.24) is 4.90 Å². The Balaban J connectivity index is 1.42. The second-order valence-electron chi connectivity index (χ2n) is 8.95. The Bertz CT molecular complexity index is 1130. The average molecular weight is 439 g/mol. The third kappa shape index (κ3) is 4.65. The Kier molecular flexibility index (Phi) is 6.16. The predicted octanol–water partition coefficient (Wildman–Crippen LogP) is 5.57. The van der Waals surface area contributed by atoms with Crippen molar-refractivity contribution in [3.05, 3.63) is 101 Å². The zero-order valence-corrected chi connectivity index (χ0v) is 18.9. The number of fused-ring (bicyclic) bond motifs is 1. The minimum atomic E-state index is 0.0739. The molecule has 0 spiro atoms. The van der Waals surface area contributed by atoms with Crippen LogP contribution < -0.4 is 4.90 Å². The summed E-state index contributed by atoms with van der Waals surface area (Å²) in [6, 6.07) is 24.8. The number of rotatable bonds is 4. The molecule has 0 bridgehead atoms. The van der Waals surface area contributed by atoms with E-state index in [1.54, 1.807) is 12.1 Å². The van der Waals surface area contributed by atoms with Gasteiger partial charge < -0.3 is 14.9 Å². The van der Waals surface area contributed by atoms with E-state index < -0.39 is 0 Å². The monoisotopic (exact) mass is 438 g/mol. The average Bonchev–Trinajstić information content (AvgIpc) is 2.88. The maximum absolute atomic E-state index is 12.5. The molecule has 168 valence electrons. The van der Waals surface area contributed by atoms with Crippen LogP contribution in [-0.4, -0.2) is 35.5 Å². The van der Waals surface area contributed by atoms with E-state index >= 15 is 0 Å². The van der Waals surface area contributed by atoms with Gasteiger partial charge in [0, 0.05) is 31.4 Å². The minimum Gasteiger partial charge on any atom is -0.508 e. The number of para-hydroxylation sites is 1. The van der Waals surface area contributed by atoms with E-state index in [2.05, 4.69) is 59.5 Å². The van der Waals surface area contributed by atoms with E-state index in [0.717, 1.165) is 44.5 Å². The lowest BCUT2D eigenvalue weighted by molar-refractivity contribution is -0.126. The molecule has 1 unspecified atom stereocenters. The molecule has 4 heteroatoms.